The third-order valence-corrected chi connectivity index (χ3v) is 5.67. The lowest BCUT2D eigenvalue weighted by Crippen LogP contribution is -2.42. The number of aliphatic hydroxyl groups is 1. The molecular formula is C20H25N3O4. The number of fused-ring (bicyclic) bond motifs is 1. The monoisotopic (exact) mass is 371 g/mol. The van der Waals surface area contributed by atoms with Crippen LogP contribution in [-0.4, -0.2) is 58.1 Å². The van der Waals surface area contributed by atoms with Gasteiger partial charge in [0, 0.05) is 26.3 Å². The van der Waals surface area contributed by atoms with Crippen LogP contribution in [0.3, 0.4) is 0 Å². The molecule has 2 aliphatic rings. The smallest absolute Gasteiger partial charge is 0.257 e. The zero-order valence-electron chi connectivity index (χ0n) is 15.6. The third-order valence-electron chi connectivity index (χ3n) is 5.67. The van der Waals surface area contributed by atoms with Gasteiger partial charge in [-0.1, -0.05) is 12.1 Å². The Balaban J connectivity index is 1.43. The first-order valence-electron chi connectivity index (χ1n) is 9.31. The fourth-order valence-electron chi connectivity index (χ4n) is 4.28. The number of hydrogen-bond acceptors (Lipinski definition) is 5. The van der Waals surface area contributed by atoms with Crippen LogP contribution in [0.4, 0.5) is 0 Å². The molecule has 4 rings (SSSR count). The largest absolute Gasteiger partial charge is 0.493 e. The molecule has 7 nitrogen and oxygen atoms in total. The lowest BCUT2D eigenvalue weighted by atomic mass is 9.78. The summed E-state index contributed by atoms with van der Waals surface area (Å²) in [5.74, 6) is 1.94. The number of amides is 1. The van der Waals surface area contributed by atoms with E-state index in [1.54, 1.807) is 31.2 Å². The maximum Gasteiger partial charge on any atom is 0.257 e. The SMILES string of the molecule is COc1ccccc1O[C@@H]1C[C@@H]2CN(C(=O)c3cnn(C)c3)C[C@@H]2C[C@H]1O. The molecule has 0 radical (unpaired) electrons. The maximum atomic E-state index is 12.7. The Hall–Kier alpha value is -2.54. The van der Waals surface area contributed by atoms with Crippen molar-refractivity contribution >= 4 is 5.91 Å². The number of carbonyl (C=O) groups excluding carboxylic acids is 1. The van der Waals surface area contributed by atoms with Gasteiger partial charge < -0.3 is 19.5 Å². The van der Waals surface area contributed by atoms with Gasteiger partial charge in [-0.2, -0.15) is 5.10 Å². The van der Waals surface area contributed by atoms with Crippen molar-refractivity contribution in [3.8, 4) is 11.5 Å². The summed E-state index contributed by atoms with van der Waals surface area (Å²) < 4.78 is 13.1. The highest BCUT2D eigenvalue weighted by Crippen LogP contribution is 2.39. The van der Waals surface area contributed by atoms with E-state index < -0.39 is 6.10 Å². The third kappa shape index (κ3) is 3.51. The molecule has 1 amide bonds. The van der Waals surface area contributed by atoms with Crippen molar-refractivity contribution in [3.05, 3.63) is 42.2 Å². The van der Waals surface area contributed by atoms with Crippen molar-refractivity contribution < 1.29 is 19.4 Å². The number of ether oxygens (including phenoxy) is 2. The van der Waals surface area contributed by atoms with E-state index in [1.807, 2.05) is 29.2 Å². The van der Waals surface area contributed by atoms with Gasteiger partial charge in [0.15, 0.2) is 11.5 Å². The Morgan fingerprint density at radius 1 is 1.19 bits per heavy atom. The Bertz CT molecular complexity index is 821. The van der Waals surface area contributed by atoms with E-state index >= 15 is 0 Å². The number of benzene rings is 1. The molecule has 2 fully saturated rings. The zero-order valence-corrected chi connectivity index (χ0v) is 15.6. The van der Waals surface area contributed by atoms with Crippen LogP contribution in [-0.2, 0) is 7.05 Å². The van der Waals surface area contributed by atoms with E-state index in [2.05, 4.69) is 5.10 Å². The minimum atomic E-state index is -0.551. The predicted octanol–water partition coefficient (Wildman–Crippen LogP) is 1.72. The van der Waals surface area contributed by atoms with Gasteiger partial charge in [0.2, 0.25) is 0 Å². The van der Waals surface area contributed by atoms with Gasteiger partial charge in [-0.25, -0.2) is 0 Å². The number of nitrogens with zero attached hydrogens (tertiary/aromatic N) is 3. The summed E-state index contributed by atoms with van der Waals surface area (Å²) in [6, 6.07) is 7.47. The lowest BCUT2D eigenvalue weighted by molar-refractivity contribution is -0.0240. The fourth-order valence-corrected chi connectivity index (χ4v) is 4.28. The van der Waals surface area contributed by atoms with Crippen molar-refractivity contribution in [3.63, 3.8) is 0 Å². The van der Waals surface area contributed by atoms with E-state index in [0.717, 1.165) is 6.42 Å². The summed E-state index contributed by atoms with van der Waals surface area (Å²) in [4.78, 5) is 14.6. The number of para-hydroxylation sites is 2. The van der Waals surface area contributed by atoms with E-state index in [1.165, 1.54) is 0 Å². The molecule has 0 bridgehead atoms. The van der Waals surface area contributed by atoms with Crippen LogP contribution in [0.15, 0.2) is 36.7 Å². The van der Waals surface area contributed by atoms with Crippen LogP contribution in [0.5, 0.6) is 11.5 Å². The molecule has 0 unspecified atom stereocenters. The van der Waals surface area contributed by atoms with Crippen LogP contribution >= 0.6 is 0 Å². The normalized spacial score (nSPS) is 27.3. The second kappa shape index (κ2) is 7.23. The molecule has 1 N–H and O–H groups in total. The number of aryl methyl sites for hydroxylation is 1. The highest BCUT2D eigenvalue weighted by Gasteiger charge is 2.44. The van der Waals surface area contributed by atoms with E-state index in [9.17, 15) is 9.90 Å². The van der Waals surface area contributed by atoms with Crippen molar-refractivity contribution in [2.75, 3.05) is 20.2 Å². The Kier molecular flexibility index (Phi) is 4.78. The first-order chi connectivity index (χ1) is 13.0. The second-order valence-electron chi connectivity index (χ2n) is 7.48. The lowest BCUT2D eigenvalue weighted by Gasteiger charge is -2.35. The first kappa shape index (κ1) is 17.9. The number of rotatable bonds is 4. The van der Waals surface area contributed by atoms with Gasteiger partial charge in [0.1, 0.15) is 6.10 Å². The highest BCUT2D eigenvalue weighted by molar-refractivity contribution is 5.93. The van der Waals surface area contributed by atoms with Crippen LogP contribution in [0.2, 0.25) is 0 Å². The molecule has 1 saturated carbocycles. The molecule has 144 valence electrons. The minimum Gasteiger partial charge on any atom is -0.493 e. The number of methoxy groups -OCH3 is 1. The van der Waals surface area contributed by atoms with E-state index in [4.69, 9.17) is 9.47 Å². The van der Waals surface area contributed by atoms with Crippen molar-refractivity contribution in [2.24, 2.45) is 18.9 Å². The number of aromatic nitrogens is 2. The Morgan fingerprint density at radius 3 is 2.56 bits per heavy atom. The topological polar surface area (TPSA) is 76.8 Å². The predicted molar refractivity (Wildman–Crippen MR) is 98.7 cm³/mol. The summed E-state index contributed by atoms with van der Waals surface area (Å²) in [5, 5.41) is 14.7. The van der Waals surface area contributed by atoms with Gasteiger partial charge in [-0.3, -0.25) is 9.48 Å². The molecule has 2 aromatic rings. The van der Waals surface area contributed by atoms with Crippen molar-refractivity contribution in [2.45, 2.75) is 25.0 Å². The van der Waals surface area contributed by atoms with Crippen molar-refractivity contribution in [1.82, 2.24) is 14.7 Å². The van der Waals surface area contributed by atoms with Crippen LogP contribution < -0.4 is 9.47 Å². The fraction of sp³-hybridized carbons (Fsp3) is 0.500. The summed E-state index contributed by atoms with van der Waals surface area (Å²) in [6.07, 6.45) is 3.86. The maximum absolute atomic E-state index is 12.7. The number of aliphatic hydroxyl groups excluding tert-OH is 1. The van der Waals surface area contributed by atoms with Gasteiger partial charge >= 0.3 is 0 Å². The molecule has 1 saturated heterocycles. The van der Waals surface area contributed by atoms with Gasteiger partial charge in [-0.15, -0.1) is 0 Å². The average Bonchev–Trinajstić information content (AvgIpc) is 3.28. The van der Waals surface area contributed by atoms with Crippen LogP contribution in [0.1, 0.15) is 23.2 Å². The molecule has 1 aliphatic heterocycles. The highest BCUT2D eigenvalue weighted by atomic mass is 16.5. The number of hydrogen-bond donors (Lipinski definition) is 1. The van der Waals surface area contributed by atoms with E-state index in [-0.39, 0.29) is 12.0 Å². The Morgan fingerprint density at radius 2 is 1.89 bits per heavy atom. The second-order valence-corrected chi connectivity index (χ2v) is 7.48. The zero-order chi connectivity index (χ0) is 19.0. The van der Waals surface area contributed by atoms with Crippen LogP contribution in [0, 0.1) is 11.8 Å². The Labute approximate surface area is 158 Å². The minimum absolute atomic E-state index is 0.00851. The molecule has 2 heterocycles. The molecule has 1 aliphatic carbocycles. The van der Waals surface area contributed by atoms with Gasteiger partial charge in [0.25, 0.3) is 5.91 Å². The number of carbonyl (C=O) groups is 1. The average molecular weight is 371 g/mol. The molecule has 0 spiro atoms. The first-order valence-corrected chi connectivity index (χ1v) is 9.31. The summed E-state index contributed by atoms with van der Waals surface area (Å²) >= 11 is 0. The van der Waals surface area contributed by atoms with Gasteiger partial charge in [-0.05, 0) is 36.8 Å². The number of likely N-dealkylation sites (tertiary alicyclic amines) is 1. The molecule has 27 heavy (non-hydrogen) atoms. The van der Waals surface area contributed by atoms with Crippen molar-refractivity contribution in [1.29, 1.82) is 0 Å². The van der Waals surface area contributed by atoms with E-state index in [0.29, 0.717) is 48.4 Å². The molecular weight excluding hydrogens is 346 g/mol. The standard InChI is InChI=1S/C20H25N3O4/c1-22-10-15(9-21-22)20(25)23-11-13-7-16(24)19(8-14(13)12-23)27-18-6-4-3-5-17(18)26-2/h3-6,9-10,13-14,16,19,24H,7-8,11-12H2,1-2H3/t13-,14+,16+,19+/m0/s1. The summed E-state index contributed by atoms with van der Waals surface area (Å²) in [6.45, 7) is 1.37. The van der Waals surface area contributed by atoms with Gasteiger partial charge in [0.05, 0.1) is 25.0 Å². The van der Waals surface area contributed by atoms with Crippen LogP contribution in [0.25, 0.3) is 0 Å². The summed E-state index contributed by atoms with van der Waals surface area (Å²) in [5.41, 5.74) is 0.610. The molecule has 1 aromatic carbocycles. The summed E-state index contributed by atoms with van der Waals surface area (Å²) in [7, 11) is 3.41. The molecule has 7 heteroatoms. The molecule has 4 atom stereocenters. The molecule has 1 aromatic heterocycles. The quantitative estimate of drug-likeness (QED) is 0.886.